The number of carbonyl (C=O) groups is 1. The Morgan fingerprint density at radius 2 is 2.00 bits per heavy atom. The summed E-state index contributed by atoms with van der Waals surface area (Å²) in [5.41, 5.74) is 1.36. The van der Waals surface area contributed by atoms with Gasteiger partial charge in [-0.05, 0) is 44.4 Å². The summed E-state index contributed by atoms with van der Waals surface area (Å²) in [7, 11) is -2.20. The van der Waals surface area contributed by atoms with Crippen LogP contribution in [0.4, 0.5) is 0 Å². The normalized spacial score (nSPS) is 15.3. The maximum Gasteiger partial charge on any atom is 0.260 e. The van der Waals surface area contributed by atoms with Gasteiger partial charge in [-0.2, -0.15) is 4.31 Å². The van der Waals surface area contributed by atoms with E-state index in [0.717, 1.165) is 5.56 Å². The molecule has 0 N–H and O–H groups in total. The van der Waals surface area contributed by atoms with Gasteiger partial charge < -0.3 is 18.9 Å². The lowest BCUT2D eigenvalue weighted by Gasteiger charge is -2.22. The van der Waals surface area contributed by atoms with E-state index in [9.17, 15) is 13.2 Å². The van der Waals surface area contributed by atoms with Crippen molar-refractivity contribution in [1.82, 2.24) is 14.4 Å². The van der Waals surface area contributed by atoms with Crippen LogP contribution in [0.1, 0.15) is 23.4 Å². The second-order valence-electron chi connectivity index (χ2n) is 7.56. The Balaban J connectivity index is 1.62. The molecule has 0 aliphatic carbocycles. The lowest BCUT2D eigenvalue weighted by Crippen LogP contribution is -2.39. The van der Waals surface area contributed by atoms with Gasteiger partial charge >= 0.3 is 0 Å². The summed E-state index contributed by atoms with van der Waals surface area (Å²) in [5, 5.41) is 3.75. The maximum absolute atomic E-state index is 13.1. The van der Waals surface area contributed by atoms with Crippen molar-refractivity contribution >= 4 is 15.9 Å². The maximum atomic E-state index is 13.1. The highest BCUT2D eigenvalue weighted by Crippen LogP contribution is 2.28. The molecule has 10 heteroatoms. The first-order chi connectivity index (χ1) is 15.3. The van der Waals surface area contributed by atoms with Gasteiger partial charge in [0.2, 0.25) is 10.0 Å². The van der Waals surface area contributed by atoms with Crippen LogP contribution in [0.3, 0.4) is 0 Å². The van der Waals surface area contributed by atoms with Gasteiger partial charge in [0.1, 0.15) is 10.6 Å². The average Bonchev–Trinajstić information content (AvgIpc) is 2.96. The fourth-order valence-corrected chi connectivity index (χ4v) is 5.47. The molecule has 2 heterocycles. The van der Waals surface area contributed by atoms with Gasteiger partial charge in [0, 0.05) is 26.2 Å². The van der Waals surface area contributed by atoms with E-state index < -0.39 is 10.0 Å². The van der Waals surface area contributed by atoms with Gasteiger partial charge in [-0.3, -0.25) is 4.79 Å². The summed E-state index contributed by atoms with van der Waals surface area (Å²) >= 11 is 0. The lowest BCUT2D eigenvalue weighted by atomic mass is 10.1. The Kier molecular flexibility index (Phi) is 7.57. The Labute approximate surface area is 188 Å². The number of hydrogen-bond acceptors (Lipinski definition) is 7. The topological polar surface area (TPSA) is 102 Å². The van der Waals surface area contributed by atoms with Gasteiger partial charge in [0.25, 0.3) is 5.91 Å². The molecule has 0 bridgehead atoms. The van der Waals surface area contributed by atoms with Gasteiger partial charge in [-0.15, -0.1) is 6.58 Å². The van der Waals surface area contributed by atoms with Crippen molar-refractivity contribution in [3.8, 4) is 11.5 Å². The number of hydrogen-bond donors (Lipinski definition) is 0. The van der Waals surface area contributed by atoms with Crippen molar-refractivity contribution in [2.75, 3.05) is 39.9 Å². The summed E-state index contributed by atoms with van der Waals surface area (Å²) < 4.78 is 43.6. The monoisotopic (exact) mass is 463 g/mol. The number of sulfonamides is 1. The molecule has 174 valence electrons. The molecule has 1 aromatic carbocycles. The highest BCUT2D eigenvalue weighted by atomic mass is 32.2. The number of methoxy groups -OCH3 is 1. The number of benzene rings is 1. The summed E-state index contributed by atoms with van der Waals surface area (Å²) in [6, 6.07) is 5.52. The number of ether oxygens (including phenoxy) is 2. The zero-order valence-electron chi connectivity index (χ0n) is 18.7. The SMILES string of the molecule is C=CCc1ccc(OCC(=O)N2CCCN(S(=O)(=O)c3c(C)noc3C)CC2)c(OC)c1. The second-order valence-corrected chi connectivity index (χ2v) is 9.43. The molecule has 1 aromatic heterocycles. The fraction of sp³-hybridized carbons (Fsp3) is 0.455. The van der Waals surface area contributed by atoms with Crippen LogP contribution in [0.5, 0.6) is 11.5 Å². The molecule has 0 spiro atoms. The van der Waals surface area contributed by atoms with Crippen LogP contribution < -0.4 is 9.47 Å². The molecular weight excluding hydrogens is 434 g/mol. The summed E-state index contributed by atoms with van der Waals surface area (Å²) in [5.74, 6) is 1.08. The number of carbonyl (C=O) groups excluding carboxylic acids is 1. The summed E-state index contributed by atoms with van der Waals surface area (Å²) in [6.07, 6.45) is 3.03. The molecule has 9 nitrogen and oxygen atoms in total. The van der Waals surface area contributed by atoms with E-state index in [1.165, 1.54) is 4.31 Å². The molecule has 1 fully saturated rings. The van der Waals surface area contributed by atoms with Crippen LogP contribution in [0.15, 0.2) is 40.3 Å². The Hall–Kier alpha value is -2.85. The van der Waals surface area contributed by atoms with Crippen molar-refractivity contribution in [3.05, 3.63) is 47.9 Å². The van der Waals surface area contributed by atoms with Crippen molar-refractivity contribution in [2.45, 2.75) is 31.6 Å². The van der Waals surface area contributed by atoms with E-state index in [1.54, 1.807) is 38.0 Å². The molecule has 1 aliphatic rings. The van der Waals surface area contributed by atoms with Crippen molar-refractivity contribution in [2.24, 2.45) is 0 Å². The van der Waals surface area contributed by atoms with Crippen LogP contribution in [-0.2, 0) is 21.2 Å². The van der Waals surface area contributed by atoms with E-state index in [-0.39, 0.29) is 36.3 Å². The molecule has 0 atom stereocenters. The van der Waals surface area contributed by atoms with Crippen molar-refractivity contribution in [1.29, 1.82) is 0 Å². The van der Waals surface area contributed by atoms with Gasteiger partial charge in [-0.1, -0.05) is 17.3 Å². The van der Waals surface area contributed by atoms with Crippen molar-refractivity contribution in [3.63, 3.8) is 0 Å². The fourth-order valence-electron chi connectivity index (χ4n) is 3.71. The third kappa shape index (κ3) is 5.13. The van der Waals surface area contributed by atoms with Gasteiger partial charge in [0.05, 0.1) is 7.11 Å². The number of amides is 1. The smallest absolute Gasteiger partial charge is 0.260 e. The summed E-state index contributed by atoms with van der Waals surface area (Å²) in [4.78, 5) is 14.5. The second kappa shape index (κ2) is 10.2. The zero-order chi connectivity index (χ0) is 23.3. The van der Waals surface area contributed by atoms with E-state index in [4.69, 9.17) is 14.0 Å². The van der Waals surface area contributed by atoms with Gasteiger partial charge in [0.15, 0.2) is 23.9 Å². The highest BCUT2D eigenvalue weighted by Gasteiger charge is 2.33. The first-order valence-corrected chi connectivity index (χ1v) is 11.8. The quantitative estimate of drug-likeness (QED) is 0.554. The summed E-state index contributed by atoms with van der Waals surface area (Å²) in [6.45, 7) is 7.98. The van der Waals surface area contributed by atoms with Crippen LogP contribution >= 0.6 is 0 Å². The molecular formula is C22H29N3O6S. The van der Waals surface area contributed by atoms with Crippen LogP contribution in [0, 0.1) is 13.8 Å². The van der Waals surface area contributed by atoms with Crippen LogP contribution in [0.25, 0.3) is 0 Å². The number of aryl methyl sites for hydroxylation is 2. The molecule has 0 saturated carbocycles. The lowest BCUT2D eigenvalue weighted by molar-refractivity contribution is -0.133. The predicted molar refractivity (Wildman–Crippen MR) is 118 cm³/mol. The largest absolute Gasteiger partial charge is 0.493 e. The molecule has 0 unspecified atom stereocenters. The highest BCUT2D eigenvalue weighted by molar-refractivity contribution is 7.89. The number of allylic oxidation sites excluding steroid dienone is 1. The molecule has 1 amide bonds. The standard InChI is InChI=1S/C22H29N3O6S/c1-5-7-18-8-9-19(20(14-18)29-4)30-15-21(26)24-10-6-11-25(13-12-24)32(27,28)22-16(2)23-31-17(22)3/h5,8-9,14H,1,6-7,10-13,15H2,2-4H3. The molecule has 2 aromatic rings. The molecule has 1 saturated heterocycles. The van der Waals surface area contributed by atoms with Crippen LogP contribution in [-0.4, -0.2) is 68.6 Å². The minimum atomic E-state index is -3.74. The Bertz CT molecular complexity index is 1060. The molecule has 32 heavy (non-hydrogen) atoms. The Morgan fingerprint density at radius 3 is 2.66 bits per heavy atom. The number of nitrogens with zero attached hydrogens (tertiary/aromatic N) is 3. The average molecular weight is 464 g/mol. The zero-order valence-corrected chi connectivity index (χ0v) is 19.5. The third-order valence-corrected chi connectivity index (χ3v) is 7.48. The van der Waals surface area contributed by atoms with E-state index >= 15 is 0 Å². The number of rotatable bonds is 8. The van der Waals surface area contributed by atoms with E-state index in [1.807, 2.05) is 12.1 Å². The minimum absolute atomic E-state index is 0.104. The van der Waals surface area contributed by atoms with Gasteiger partial charge in [-0.25, -0.2) is 8.42 Å². The van der Waals surface area contributed by atoms with E-state index in [0.29, 0.717) is 43.1 Å². The molecule has 0 radical (unpaired) electrons. The Morgan fingerprint density at radius 1 is 1.22 bits per heavy atom. The molecule has 3 rings (SSSR count). The third-order valence-electron chi connectivity index (χ3n) is 5.33. The predicted octanol–water partition coefficient (Wildman–Crippen LogP) is 2.33. The van der Waals surface area contributed by atoms with Crippen LogP contribution in [0.2, 0.25) is 0 Å². The molecule has 1 aliphatic heterocycles. The first-order valence-electron chi connectivity index (χ1n) is 10.4. The van der Waals surface area contributed by atoms with E-state index in [2.05, 4.69) is 11.7 Å². The number of aromatic nitrogens is 1. The minimum Gasteiger partial charge on any atom is -0.493 e. The van der Waals surface area contributed by atoms with Crippen molar-refractivity contribution < 1.29 is 27.2 Å². The first kappa shape index (κ1) is 23.8.